The molecule has 0 saturated carbocycles. The quantitative estimate of drug-likeness (QED) is 0.165. The molecule has 13 heteroatoms. The van der Waals surface area contributed by atoms with E-state index in [9.17, 15) is 28.0 Å². The molecule has 262 valence electrons. The average molecular weight is 695 g/mol. The minimum absolute atomic E-state index is 0.0105. The van der Waals surface area contributed by atoms with Gasteiger partial charge in [0.1, 0.15) is 22.6 Å². The van der Waals surface area contributed by atoms with Crippen molar-refractivity contribution in [3.05, 3.63) is 129 Å². The summed E-state index contributed by atoms with van der Waals surface area (Å²) >= 11 is 0. The van der Waals surface area contributed by atoms with Crippen molar-refractivity contribution in [3.63, 3.8) is 0 Å². The van der Waals surface area contributed by atoms with E-state index in [1.165, 1.54) is 22.8 Å². The third kappa shape index (κ3) is 7.47. The van der Waals surface area contributed by atoms with E-state index in [0.29, 0.717) is 29.7 Å². The number of aryl methyl sites for hydroxylation is 1. The molecule has 2 heterocycles. The first-order chi connectivity index (χ1) is 24.2. The van der Waals surface area contributed by atoms with Gasteiger partial charge in [-0.2, -0.15) is 5.10 Å². The number of anilines is 1. The maximum atomic E-state index is 14.0. The molecule has 0 bridgehead atoms. The lowest BCUT2D eigenvalue weighted by Gasteiger charge is -2.21. The van der Waals surface area contributed by atoms with Gasteiger partial charge in [-0.15, -0.1) is 0 Å². The van der Waals surface area contributed by atoms with Crippen LogP contribution >= 0.6 is 0 Å². The van der Waals surface area contributed by atoms with Crippen LogP contribution in [-0.2, 0) is 17.7 Å². The summed E-state index contributed by atoms with van der Waals surface area (Å²) < 4.78 is 34.0. The van der Waals surface area contributed by atoms with Gasteiger partial charge in [-0.1, -0.05) is 29.8 Å². The summed E-state index contributed by atoms with van der Waals surface area (Å²) in [5, 5.41) is 12.7. The number of rotatable bonds is 8. The van der Waals surface area contributed by atoms with Crippen molar-refractivity contribution in [2.45, 2.75) is 65.6 Å². The number of hydrogen-bond acceptors (Lipinski definition) is 7. The summed E-state index contributed by atoms with van der Waals surface area (Å²) in [6, 6.07) is 14.7. The van der Waals surface area contributed by atoms with Crippen LogP contribution in [0, 0.1) is 25.5 Å². The number of hydrogen-bond donors (Lipinski definition) is 3. The Balaban J connectivity index is 1.31. The molecular formula is C38H36F2N6O5. The highest BCUT2D eigenvalue weighted by atomic mass is 19.2. The van der Waals surface area contributed by atoms with E-state index >= 15 is 0 Å². The minimum atomic E-state index is -1.06. The SMILES string of the molecule is Cc1ccc(NC(=O)c2cnn3c(C(=O)N[C@H]4CCc5c4ccc(C(=O)OC(C)(C)C)c5C)cc(C(=O)NCc4ccc(F)c(F)c4)nc23)cc1. The van der Waals surface area contributed by atoms with Gasteiger partial charge in [-0.25, -0.2) is 23.1 Å². The molecule has 11 nitrogen and oxygen atoms in total. The van der Waals surface area contributed by atoms with Crippen molar-refractivity contribution < 1.29 is 32.7 Å². The second kappa shape index (κ2) is 13.7. The van der Waals surface area contributed by atoms with Crippen LogP contribution in [0.5, 0.6) is 0 Å². The Kier molecular flexibility index (Phi) is 9.39. The van der Waals surface area contributed by atoms with Gasteiger partial charge in [-0.3, -0.25) is 14.4 Å². The first kappa shape index (κ1) is 34.9. The molecule has 3 aromatic carbocycles. The predicted molar refractivity (Wildman–Crippen MR) is 185 cm³/mol. The number of fused-ring (bicyclic) bond motifs is 2. The molecule has 3 N–H and O–H groups in total. The van der Waals surface area contributed by atoms with Crippen molar-refractivity contribution in [2.75, 3.05) is 5.32 Å². The lowest BCUT2D eigenvalue weighted by atomic mass is 9.97. The number of amides is 3. The highest BCUT2D eigenvalue weighted by molar-refractivity contribution is 6.09. The third-order valence-electron chi connectivity index (χ3n) is 8.55. The lowest BCUT2D eigenvalue weighted by Crippen LogP contribution is -2.31. The fraction of sp³-hybridized carbons (Fsp3) is 0.263. The zero-order chi connectivity index (χ0) is 36.6. The fourth-order valence-corrected chi connectivity index (χ4v) is 5.98. The van der Waals surface area contributed by atoms with Gasteiger partial charge >= 0.3 is 5.97 Å². The normalized spacial score (nSPS) is 13.8. The molecule has 0 unspecified atom stereocenters. The summed E-state index contributed by atoms with van der Waals surface area (Å²) in [5.41, 5.74) is 3.89. The molecule has 1 aliphatic rings. The number of nitrogens with one attached hydrogen (secondary N) is 3. The highest BCUT2D eigenvalue weighted by Gasteiger charge is 2.30. The zero-order valence-electron chi connectivity index (χ0n) is 28.7. The Bertz CT molecular complexity index is 2210. The maximum Gasteiger partial charge on any atom is 0.338 e. The molecule has 0 fully saturated rings. The third-order valence-corrected chi connectivity index (χ3v) is 8.55. The van der Waals surface area contributed by atoms with E-state index in [1.54, 1.807) is 45.0 Å². The average Bonchev–Trinajstić information content (AvgIpc) is 3.70. The molecule has 0 saturated heterocycles. The van der Waals surface area contributed by atoms with Gasteiger partial charge in [-0.05, 0) is 100 Å². The summed E-state index contributed by atoms with van der Waals surface area (Å²) in [6.07, 6.45) is 2.42. The second-order valence-corrected chi connectivity index (χ2v) is 13.4. The smallest absolute Gasteiger partial charge is 0.338 e. The van der Waals surface area contributed by atoms with Gasteiger partial charge < -0.3 is 20.7 Å². The van der Waals surface area contributed by atoms with Crippen LogP contribution in [0.1, 0.15) is 103 Å². The van der Waals surface area contributed by atoms with Crippen LogP contribution < -0.4 is 16.0 Å². The molecule has 1 aliphatic carbocycles. The summed E-state index contributed by atoms with van der Waals surface area (Å²) in [5.74, 6) is -4.38. The van der Waals surface area contributed by atoms with Crippen molar-refractivity contribution in [1.29, 1.82) is 0 Å². The van der Waals surface area contributed by atoms with Gasteiger partial charge in [0.2, 0.25) is 0 Å². The lowest BCUT2D eigenvalue weighted by molar-refractivity contribution is 0.00682. The summed E-state index contributed by atoms with van der Waals surface area (Å²) in [4.78, 5) is 58.0. The summed E-state index contributed by atoms with van der Waals surface area (Å²) in [7, 11) is 0. The molecule has 2 aromatic heterocycles. The van der Waals surface area contributed by atoms with Gasteiger partial charge in [0.15, 0.2) is 17.3 Å². The fourth-order valence-electron chi connectivity index (χ4n) is 5.98. The Hall–Kier alpha value is -5.98. The highest BCUT2D eigenvalue weighted by Crippen LogP contribution is 2.35. The van der Waals surface area contributed by atoms with Crippen LogP contribution in [0.25, 0.3) is 5.65 Å². The first-order valence-electron chi connectivity index (χ1n) is 16.3. The predicted octanol–water partition coefficient (Wildman–Crippen LogP) is 6.18. The van der Waals surface area contributed by atoms with E-state index in [1.807, 2.05) is 26.0 Å². The van der Waals surface area contributed by atoms with Crippen LogP contribution in [0.2, 0.25) is 0 Å². The number of halogens is 2. The molecule has 51 heavy (non-hydrogen) atoms. The van der Waals surface area contributed by atoms with Crippen LogP contribution in [-0.4, -0.2) is 43.9 Å². The van der Waals surface area contributed by atoms with Gasteiger partial charge in [0.25, 0.3) is 17.7 Å². The van der Waals surface area contributed by atoms with E-state index in [-0.39, 0.29) is 29.1 Å². The van der Waals surface area contributed by atoms with E-state index in [2.05, 4.69) is 26.0 Å². The second-order valence-electron chi connectivity index (χ2n) is 13.4. The number of esters is 1. The van der Waals surface area contributed by atoms with Gasteiger partial charge in [0.05, 0.1) is 17.8 Å². The number of nitrogens with zero attached hydrogens (tertiary/aromatic N) is 3. The minimum Gasteiger partial charge on any atom is -0.456 e. The monoisotopic (exact) mass is 694 g/mol. The van der Waals surface area contributed by atoms with E-state index in [0.717, 1.165) is 34.4 Å². The molecule has 0 spiro atoms. The van der Waals surface area contributed by atoms with Gasteiger partial charge in [0, 0.05) is 18.3 Å². The van der Waals surface area contributed by atoms with Crippen molar-refractivity contribution >= 4 is 35.0 Å². The molecule has 0 aliphatic heterocycles. The Morgan fingerprint density at radius 3 is 2.35 bits per heavy atom. The zero-order valence-corrected chi connectivity index (χ0v) is 28.7. The first-order valence-corrected chi connectivity index (χ1v) is 16.3. The number of ether oxygens (including phenoxy) is 1. The number of benzene rings is 3. The molecule has 3 amide bonds. The maximum absolute atomic E-state index is 14.0. The Morgan fingerprint density at radius 1 is 0.902 bits per heavy atom. The topological polar surface area (TPSA) is 144 Å². The van der Waals surface area contributed by atoms with Crippen molar-refractivity contribution in [2.24, 2.45) is 0 Å². The molecule has 6 rings (SSSR count). The molecule has 5 aromatic rings. The number of carbonyl (C=O) groups excluding carboxylic acids is 4. The largest absolute Gasteiger partial charge is 0.456 e. The Morgan fingerprint density at radius 2 is 1.65 bits per heavy atom. The standard InChI is InChI=1S/C38H36F2N6O5/c1-20-6-9-23(10-7-20)43-34(47)27-19-42-46-32(17-31(44-33(27)46)35(48)41-18-22-8-14-28(39)29(40)16-22)36(49)45-30-15-13-24-21(2)25(11-12-26(24)30)37(50)51-38(3,4)5/h6-12,14,16-17,19,30H,13,15,18H2,1-5H3,(H,41,48)(H,43,47)(H,45,49)/t30-/m0/s1. The van der Waals surface area contributed by atoms with Crippen LogP contribution in [0.4, 0.5) is 14.5 Å². The van der Waals surface area contributed by atoms with Crippen molar-refractivity contribution in [3.8, 4) is 0 Å². The molecule has 0 radical (unpaired) electrons. The molecular weight excluding hydrogens is 658 g/mol. The number of aromatic nitrogens is 3. The van der Waals surface area contributed by atoms with E-state index < -0.39 is 47.0 Å². The number of carbonyl (C=O) groups is 4. The summed E-state index contributed by atoms with van der Waals surface area (Å²) in [6.45, 7) is 9.02. The Labute approximate surface area is 292 Å². The van der Waals surface area contributed by atoms with Crippen molar-refractivity contribution in [1.82, 2.24) is 25.2 Å². The van der Waals surface area contributed by atoms with Crippen LogP contribution in [0.3, 0.4) is 0 Å². The van der Waals surface area contributed by atoms with Crippen LogP contribution in [0.15, 0.2) is 66.9 Å². The van der Waals surface area contributed by atoms with E-state index in [4.69, 9.17) is 4.74 Å². The molecule has 1 atom stereocenters.